The van der Waals surface area contributed by atoms with Crippen molar-refractivity contribution in [1.82, 2.24) is 4.98 Å². The van der Waals surface area contributed by atoms with E-state index in [-0.39, 0.29) is 5.78 Å². The van der Waals surface area contributed by atoms with E-state index in [4.69, 9.17) is 14.2 Å². The first-order valence-corrected chi connectivity index (χ1v) is 11.0. The van der Waals surface area contributed by atoms with Crippen molar-refractivity contribution in [2.24, 2.45) is 0 Å². The molecular formula is C28H27NO4. The Morgan fingerprint density at radius 2 is 1.45 bits per heavy atom. The number of hydrogen-bond donors (Lipinski definition) is 0. The predicted octanol–water partition coefficient (Wildman–Crippen LogP) is 6.62. The highest BCUT2D eigenvalue weighted by atomic mass is 16.5. The molecule has 33 heavy (non-hydrogen) atoms. The van der Waals surface area contributed by atoms with Gasteiger partial charge < -0.3 is 14.2 Å². The van der Waals surface area contributed by atoms with Crippen LogP contribution in [0.4, 0.5) is 0 Å². The van der Waals surface area contributed by atoms with Crippen molar-refractivity contribution in [2.75, 3.05) is 14.2 Å². The van der Waals surface area contributed by atoms with Crippen molar-refractivity contribution in [3.8, 4) is 23.0 Å². The zero-order valence-corrected chi connectivity index (χ0v) is 19.1. The minimum absolute atomic E-state index is 0.00483. The van der Waals surface area contributed by atoms with Gasteiger partial charge in [-0.25, -0.2) is 0 Å². The maximum absolute atomic E-state index is 12.9. The molecule has 5 heteroatoms. The molecule has 0 aliphatic heterocycles. The molecule has 0 bridgehead atoms. The molecule has 0 saturated heterocycles. The van der Waals surface area contributed by atoms with E-state index in [0.717, 1.165) is 30.2 Å². The highest BCUT2D eigenvalue weighted by molar-refractivity contribution is 6.09. The fourth-order valence-corrected chi connectivity index (χ4v) is 3.71. The molecule has 0 radical (unpaired) electrons. The molecular weight excluding hydrogens is 414 g/mol. The third kappa shape index (κ3) is 4.98. The summed E-state index contributed by atoms with van der Waals surface area (Å²) in [6, 6.07) is 20.5. The molecule has 0 atom stereocenters. The minimum Gasteiger partial charge on any atom is -0.493 e. The normalized spacial score (nSPS) is 10.8. The molecule has 1 heterocycles. The standard InChI is InChI=1S/C28H27NO4/c1-4-5-6-19-7-9-20(10-8-19)28(30)21-11-13-22(14-12-21)33-25-15-16-29-24-18-27(32-3)26(31-2)17-23(24)25/h7-18H,4-6H2,1-3H3. The molecule has 1 aromatic heterocycles. The van der Waals surface area contributed by atoms with Gasteiger partial charge in [0.05, 0.1) is 19.7 Å². The van der Waals surface area contributed by atoms with E-state index in [1.807, 2.05) is 36.4 Å². The third-order valence-corrected chi connectivity index (χ3v) is 5.59. The second-order valence-corrected chi connectivity index (χ2v) is 7.79. The maximum atomic E-state index is 12.9. The molecule has 0 aliphatic carbocycles. The number of carbonyl (C=O) groups is 1. The zero-order chi connectivity index (χ0) is 23.2. The van der Waals surface area contributed by atoms with Crippen molar-refractivity contribution in [3.05, 3.63) is 89.6 Å². The molecule has 0 fully saturated rings. The lowest BCUT2D eigenvalue weighted by molar-refractivity contribution is 0.103. The topological polar surface area (TPSA) is 57.7 Å². The number of ketones is 1. The van der Waals surface area contributed by atoms with Crippen molar-refractivity contribution >= 4 is 16.7 Å². The Morgan fingerprint density at radius 3 is 2.09 bits per heavy atom. The van der Waals surface area contributed by atoms with Crippen molar-refractivity contribution in [1.29, 1.82) is 0 Å². The average molecular weight is 442 g/mol. The van der Waals surface area contributed by atoms with Crippen molar-refractivity contribution in [2.45, 2.75) is 26.2 Å². The van der Waals surface area contributed by atoms with Crippen LogP contribution in [0.15, 0.2) is 72.9 Å². The number of aromatic nitrogens is 1. The Bertz CT molecular complexity index is 1250. The summed E-state index contributed by atoms with van der Waals surface area (Å²) in [5, 5.41) is 0.804. The minimum atomic E-state index is -0.00483. The number of hydrogen-bond acceptors (Lipinski definition) is 5. The Labute approximate surface area is 194 Å². The van der Waals surface area contributed by atoms with Crippen LogP contribution in [0.5, 0.6) is 23.0 Å². The molecule has 0 amide bonds. The quantitative estimate of drug-likeness (QED) is 0.273. The van der Waals surface area contributed by atoms with Gasteiger partial charge in [0.15, 0.2) is 17.3 Å². The van der Waals surface area contributed by atoms with Crippen LogP contribution < -0.4 is 14.2 Å². The summed E-state index contributed by atoms with van der Waals surface area (Å²) in [5.41, 5.74) is 3.30. The molecule has 5 nitrogen and oxygen atoms in total. The van der Waals surface area contributed by atoms with Crippen LogP contribution in [-0.2, 0) is 6.42 Å². The van der Waals surface area contributed by atoms with Crippen LogP contribution in [0, 0.1) is 0 Å². The summed E-state index contributed by atoms with van der Waals surface area (Å²) < 4.78 is 16.9. The van der Waals surface area contributed by atoms with Gasteiger partial charge in [0, 0.05) is 28.8 Å². The van der Waals surface area contributed by atoms with Crippen LogP contribution >= 0.6 is 0 Å². The lowest BCUT2D eigenvalue weighted by Crippen LogP contribution is -2.01. The number of ether oxygens (including phenoxy) is 3. The first-order chi connectivity index (χ1) is 16.1. The van der Waals surface area contributed by atoms with Crippen LogP contribution in [0.2, 0.25) is 0 Å². The first-order valence-electron chi connectivity index (χ1n) is 11.0. The summed E-state index contributed by atoms with van der Waals surface area (Å²) in [4.78, 5) is 17.3. The number of pyridine rings is 1. The lowest BCUT2D eigenvalue weighted by Gasteiger charge is -2.12. The monoisotopic (exact) mass is 441 g/mol. The third-order valence-electron chi connectivity index (χ3n) is 5.59. The van der Waals surface area contributed by atoms with Crippen LogP contribution in [0.25, 0.3) is 10.9 Å². The first kappa shape index (κ1) is 22.3. The van der Waals surface area contributed by atoms with E-state index >= 15 is 0 Å². The Balaban J connectivity index is 1.53. The van der Waals surface area contributed by atoms with Crippen LogP contribution in [0.1, 0.15) is 41.3 Å². The van der Waals surface area contributed by atoms with Gasteiger partial charge in [-0.05, 0) is 54.8 Å². The maximum Gasteiger partial charge on any atom is 0.193 e. The number of methoxy groups -OCH3 is 2. The fourth-order valence-electron chi connectivity index (χ4n) is 3.71. The molecule has 0 N–H and O–H groups in total. The number of nitrogens with zero attached hydrogens (tertiary/aromatic N) is 1. The Kier molecular flexibility index (Phi) is 6.89. The highest BCUT2D eigenvalue weighted by Gasteiger charge is 2.13. The number of unbranched alkanes of at least 4 members (excludes halogenated alkanes) is 1. The largest absolute Gasteiger partial charge is 0.493 e. The predicted molar refractivity (Wildman–Crippen MR) is 130 cm³/mol. The Morgan fingerprint density at radius 1 is 0.818 bits per heavy atom. The molecule has 4 aromatic rings. The van der Waals surface area contributed by atoms with Gasteiger partial charge in [-0.1, -0.05) is 37.6 Å². The number of benzene rings is 3. The second kappa shape index (κ2) is 10.2. The van der Waals surface area contributed by atoms with E-state index in [1.54, 1.807) is 50.7 Å². The molecule has 168 valence electrons. The van der Waals surface area contributed by atoms with Gasteiger partial charge in [-0.15, -0.1) is 0 Å². The van der Waals surface area contributed by atoms with Crippen LogP contribution in [-0.4, -0.2) is 25.0 Å². The molecule has 0 unspecified atom stereocenters. The van der Waals surface area contributed by atoms with Gasteiger partial charge in [-0.2, -0.15) is 0 Å². The number of rotatable bonds is 9. The van der Waals surface area contributed by atoms with Gasteiger partial charge >= 0.3 is 0 Å². The Hall–Kier alpha value is -3.86. The molecule has 0 spiro atoms. The molecule has 0 saturated carbocycles. The van der Waals surface area contributed by atoms with Crippen molar-refractivity contribution < 1.29 is 19.0 Å². The smallest absolute Gasteiger partial charge is 0.193 e. The van der Waals surface area contributed by atoms with E-state index < -0.39 is 0 Å². The summed E-state index contributed by atoms with van der Waals surface area (Å²) >= 11 is 0. The van der Waals surface area contributed by atoms with E-state index in [9.17, 15) is 4.79 Å². The average Bonchev–Trinajstić information content (AvgIpc) is 2.87. The van der Waals surface area contributed by atoms with Crippen molar-refractivity contribution in [3.63, 3.8) is 0 Å². The van der Waals surface area contributed by atoms with E-state index in [0.29, 0.717) is 34.1 Å². The SMILES string of the molecule is CCCCc1ccc(C(=O)c2ccc(Oc3ccnc4cc(OC)c(OC)cc34)cc2)cc1. The van der Waals surface area contributed by atoms with Gasteiger partial charge in [0.1, 0.15) is 11.5 Å². The lowest BCUT2D eigenvalue weighted by atomic mass is 10.0. The summed E-state index contributed by atoms with van der Waals surface area (Å²) in [6.45, 7) is 2.18. The second-order valence-electron chi connectivity index (χ2n) is 7.79. The molecule has 4 rings (SSSR count). The summed E-state index contributed by atoms with van der Waals surface area (Å²) in [5.74, 6) is 2.47. The van der Waals surface area contributed by atoms with E-state index in [1.165, 1.54) is 5.56 Å². The number of aryl methyl sites for hydroxylation is 1. The zero-order valence-electron chi connectivity index (χ0n) is 19.1. The van der Waals surface area contributed by atoms with E-state index in [2.05, 4.69) is 11.9 Å². The molecule has 0 aliphatic rings. The van der Waals surface area contributed by atoms with Crippen LogP contribution in [0.3, 0.4) is 0 Å². The number of carbonyl (C=O) groups excluding carboxylic acids is 1. The fraction of sp³-hybridized carbons (Fsp3) is 0.214. The van der Waals surface area contributed by atoms with Gasteiger partial charge in [0.2, 0.25) is 0 Å². The summed E-state index contributed by atoms with van der Waals surface area (Å²) in [7, 11) is 3.18. The van der Waals surface area contributed by atoms with Gasteiger partial charge in [0.25, 0.3) is 0 Å². The highest BCUT2D eigenvalue weighted by Crippen LogP contribution is 2.36. The number of fused-ring (bicyclic) bond motifs is 1. The summed E-state index contributed by atoms with van der Waals surface area (Å²) in [6.07, 6.45) is 5.04. The molecule has 3 aromatic carbocycles. The van der Waals surface area contributed by atoms with Gasteiger partial charge in [-0.3, -0.25) is 9.78 Å².